The van der Waals surface area contributed by atoms with Crippen LogP contribution in [-0.4, -0.2) is 17.9 Å². The number of nitrogens with zero attached hydrogens (tertiary/aromatic N) is 2. The van der Waals surface area contributed by atoms with Crippen molar-refractivity contribution in [3.8, 4) is 11.5 Å². The molecule has 0 saturated carbocycles. The Morgan fingerprint density at radius 2 is 2.22 bits per heavy atom. The van der Waals surface area contributed by atoms with Crippen LogP contribution in [0.1, 0.15) is 11.1 Å². The Morgan fingerprint density at radius 3 is 3.04 bits per heavy atom. The maximum atomic E-state index is 10.7. The van der Waals surface area contributed by atoms with Gasteiger partial charge in [-0.15, -0.1) is 0 Å². The van der Waals surface area contributed by atoms with E-state index in [1.54, 1.807) is 24.3 Å². The van der Waals surface area contributed by atoms with Crippen LogP contribution in [0.25, 0.3) is 0 Å². The summed E-state index contributed by atoms with van der Waals surface area (Å²) in [6, 6.07) is 9.56. The Labute approximate surface area is 136 Å². The highest BCUT2D eigenvalue weighted by Gasteiger charge is 2.18. The summed E-state index contributed by atoms with van der Waals surface area (Å²) < 4.78 is 10.5. The second-order valence-electron chi connectivity index (χ2n) is 4.67. The summed E-state index contributed by atoms with van der Waals surface area (Å²) in [6.07, 6.45) is 1.40. The quantitative estimate of drug-likeness (QED) is 0.474. The Balaban J connectivity index is 1.62. The number of non-ortho nitro benzene ring substituents is 1. The largest absolute Gasteiger partial charge is 0.454 e. The lowest BCUT2D eigenvalue weighted by Gasteiger charge is -2.04. The molecule has 0 spiro atoms. The van der Waals surface area contributed by atoms with E-state index in [1.165, 1.54) is 18.3 Å². The lowest BCUT2D eigenvalue weighted by Crippen LogP contribution is -1.93. The summed E-state index contributed by atoms with van der Waals surface area (Å²) in [5.41, 5.74) is 1.34. The monoisotopic (exact) mass is 334 g/mol. The number of hydrogen-bond donors (Lipinski definition) is 0. The van der Waals surface area contributed by atoms with Crippen LogP contribution in [-0.2, 0) is 11.4 Å². The predicted molar refractivity (Wildman–Crippen MR) is 83.1 cm³/mol. The standard InChI is InChI=1S/C15H11ClN2O5/c16-13-5-11(6-14-15(13)22-9-21-14)8-23-17-7-10-2-1-3-12(4-10)18(19)20/h1-7H,8-9H2/b17-7+. The predicted octanol–water partition coefficient (Wildman–Crippen LogP) is 3.53. The minimum absolute atomic E-state index is 0.00324. The Bertz CT molecular complexity index is 778. The molecule has 0 saturated heterocycles. The second-order valence-corrected chi connectivity index (χ2v) is 5.08. The number of ether oxygens (including phenoxy) is 2. The molecule has 7 nitrogen and oxygen atoms in total. The van der Waals surface area contributed by atoms with Crippen molar-refractivity contribution in [2.75, 3.05) is 6.79 Å². The van der Waals surface area contributed by atoms with Crippen LogP contribution in [0.4, 0.5) is 5.69 Å². The van der Waals surface area contributed by atoms with Gasteiger partial charge in [-0.3, -0.25) is 10.1 Å². The molecule has 1 aliphatic rings. The molecule has 0 atom stereocenters. The van der Waals surface area contributed by atoms with Gasteiger partial charge in [0.05, 0.1) is 16.2 Å². The third-order valence-corrected chi connectivity index (χ3v) is 3.36. The van der Waals surface area contributed by atoms with Gasteiger partial charge < -0.3 is 14.3 Å². The summed E-state index contributed by atoms with van der Waals surface area (Å²) in [5, 5.41) is 14.9. The summed E-state index contributed by atoms with van der Waals surface area (Å²) in [6.45, 7) is 0.325. The first-order valence-electron chi connectivity index (χ1n) is 6.61. The van der Waals surface area contributed by atoms with Gasteiger partial charge in [0.1, 0.15) is 6.61 Å². The Morgan fingerprint density at radius 1 is 1.35 bits per heavy atom. The topological polar surface area (TPSA) is 83.2 Å². The van der Waals surface area contributed by atoms with Crippen molar-refractivity contribution in [1.29, 1.82) is 0 Å². The van der Waals surface area contributed by atoms with E-state index < -0.39 is 4.92 Å². The molecule has 0 aromatic heterocycles. The van der Waals surface area contributed by atoms with E-state index in [1.807, 2.05) is 0 Å². The summed E-state index contributed by atoms with van der Waals surface area (Å²) in [7, 11) is 0. The van der Waals surface area contributed by atoms with Gasteiger partial charge in [-0.05, 0) is 17.7 Å². The molecular weight excluding hydrogens is 324 g/mol. The Hall–Kier alpha value is -2.80. The van der Waals surface area contributed by atoms with Gasteiger partial charge in [0, 0.05) is 17.7 Å². The number of rotatable bonds is 5. The minimum atomic E-state index is -0.465. The van der Waals surface area contributed by atoms with Crippen molar-refractivity contribution < 1.29 is 19.2 Å². The zero-order valence-corrected chi connectivity index (χ0v) is 12.5. The van der Waals surface area contributed by atoms with Crippen molar-refractivity contribution in [3.05, 3.63) is 62.7 Å². The third kappa shape index (κ3) is 3.51. The summed E-state index contributed by atoms with van der Waals surface area (Å²) in [5.74, 6) is 1.09. The van der Waals surface area contributed by atoms with Crippen molar-refractivity contribution in [3.63, 3.8) is 0 Å². The van der Waals surface area contributed by atoms with Gasteiger partial charge in [0.25, 0.3) is 5.69 Å². The lowest BCUT2D eigenvalue weighted by molar-refractivity contribution is -0.384. The number of hydrogen-bond acceptors (Lipinski definition) is 6. The van der Waals surface area contributed by atoms with Crippen LogP contribution >= 0.6 is 11.6 Å². The minimum Gasteiger partial charge on any atom is -0.454 e. The molecule has 0 bridgehead atoms. The van der Waals surface area contributed by atoms with Gasteiger partial charge in [0.2, 0.25) is 6.79 Å². The van der Waals surface area contributed by atoms with E-state index in [9.17, 15) is 10.1 Å². The number of halogens is 1. The fraction of sp³-hybridized carbons (Fsp3) is 0.133. The van der Waals surface area contributed by atoms with Crippen LogP contribution in [0.3, 0.4) is 0 Å². The molecule has 2 aromatic rings. The molecule has 0 aliphatic carbocycles. The molecular formula is C15H11ClN2O5. The molecule has 8 heteroatoms. The molecule has 3 rings (SSSR count). The molecule has 23 heavy (non-hydrogen) atoms. The maximum Gasteiger partial charge on any atom is 0.270 e. The highest BCUT2D eigenvalue weighted by atomic mass is 35.5. The lowest BCUT2D eigenvalue weighted by atomic mass is 10.2. The van der Waals surface area contributed by atoms with Crippen molar-refractivity contribution in [2.45, 2.75) is 6.61 Å². The molecule has 2 aromatic carbocycles. The summed E-state index contributed by atoms with van der Waals surface area (Å²) in [4.78, 5) is 15.4. The van der Waals surface area contributed by atoms with Gasteiger partial charge in [-0.1, -0.05) is 28.9 Å². The van der Waals surface area contributed by atoms with Crippen molar-refractivity contribution in [2.24, 2.45) is 5.16 Å². The van der Waals surface area contributed by atoms with E-state index in [0.717, 1.165) is 5.56 Å². The third-order valence-electron chi connectivity index (χ3n) is 3.08. The van der Waals surface area contributed by atoms with Crippen LogP contribution in [0.5, 0.6) is 11.5 Å². The van der Waals surface area contributed by atoms with Gasteiger partial charge in [0.15, 0.2) is 11.5 Å². The SMILES string of the molecule is O=[N+]([O-])c1cccc(/C=N/OCc2cc(Cl)c3c(c2)OCO3)c1. The number of oxime groups is 1. The first-order chi connectivity index (χ1) is 11.1. The van der Waals surface area contributed by atoms with E-state index in [4.69, 9.17) is 25.9 Å². The van der Waals surface area contributed by atoms with E-state index in [2.05, 4.69) is 5.16 Å². The van der Waals surface area contributed by atoms with E-state index in [-0.39, 0.29) is 19.1 Å². The zero-order chi connectivity index (χ0) is 16.2. The molecule has 0 N–H and O–H groups in total. The molecule has 0 unspecified atom stereocenters. The van der Waals surface area contributed by atoms with Gasteiger partial charge >= 0.3 is 0 Å². The zero-order valence-electron chi connectivity index (χ0n) is 11.8. The molecule has 0 amide bonds. The number of nitro benzene ring substituents is 1. The van der Waals surface area contributed by atoms with Crippen LogP contribution in [0, 0.1) is 10.1 Å². The average Bonchev–Trinajstić information content (AvgIpc) is 3.01. The van der Waals surface area contributed by atoms with E-state index in [0.29, 0.717) is 22.1 Å². The maximum absolute atomic E-state index is 10.7. The second kappa shape index (κ2) is 6.53. The molecule has 0 radical (unpaired) electrons. The average molecular weight is 335 g/mol. The number of benzene rings is 2. The normalized spacial score (nSPS) is 12.6. The first kappa shape index (κ1) is 15.1. The number of fused-ring (bicyclic) bond motifs is 1. The first-order valence-corrected chi connectivity index (χ1v) is 6.99. The van der Waals surface area contributed by atoms with Gasteiger partial charge in [-0.25, -0.2) is 0 Å². The van der Waals surface area contributed by atoms with E-state index >= 15 is 0 Å². The van der Waals surface area contributed by atoms with Crippen molar-refractivity contribution >= 4 is 23.5 Å². The van der Waals surface area contributed by atoms with Crippen LogP contribution in [0.2, 0.25) is 5.02 Å². The van der Waals surface area contributed by atoms with Crippen molar-refractivity contribution in [1.82, 2.24) is 0 Å². The van der Waals surface area contributed by atoms with Gasteiger partial charge in [-0.2, -0.15) is 0 Å². The van der Waals surface area contributed by atoms with Crippen LogP contribution in [0.15, 0.2) is 41.6 Å². The Kier molecular flexibility index (Phi) is 4.29. The summed E-state index contributed by atoms with van der Waals surface area (Å²) >= 11 is 6.07. The smallest absolute Gasteiger partial charge is 0.270 e. The molecule has 1 aliphatic heterocycles. The highest BCUT2D eigenvalue weighted by molar-refractivity contribution is 6.32. The molecule has 1 heterocycles. The fourth-order valence-electron chi connectivity index (χ4n) is 2.03. The fourth-order valence-corrected chi connectivity index (χ4v) is 2.32. The number of nitro groups is 1. The molecule has 0 fully saturated rings. The highest BCUT2D eigenvalue weighted by Crippen LogP contribution is 2.39. The van der Waals surface area contributed by atoms with Crippen LogP contribution < -0.4 is 9.47 Å². The molecule has 118 valence electrons.